The molecule has 0 aliphatic rings. The fraction of sp³-hybridized carbons (Fsp3) is 0.429. The number of methoxy groups -OCH3 is 1. The number of aromatic amines is 1. The first-order valence-electron chi connectivity index (χ1n) is 3.51. The number of ether oxygens (including phenoxy) is 1. The highest BCUT2D eigenvalue weighted by Gasteiger charge is 2.16. The summed E-state index contributed by atoms with van der Waals surface area (Å²) in [5.41, 5.74) is -0.283. The smallest absolute Gasteiger partial charge is 0.361 e. The molecule has 1 N–H and O–H groups in total. The van der Waals surface area contributed by atoms with Crippen LogP contribution in [-0.4, -0.2) is 23.0 Å². The van der Waals surface area contributed by atoms with Crippen molar-refractivity contribution in [1.82, 2.24) is 9.97 Å². The molecule has 4 nitrogen and oxygen atoms in total. The summed E-state index contributed by atoms with van der Waals surface area (Å²) in [6.45, 7) is 1.80. The van der Waals surface area contributed by atoms with E-state index in [1.165, 1.54) is 7.11 Å². The molecule has 0 aromatic carbocycles. The normalized spacial score (nSPS) is 9.92. The van der Waals surface area contributed by atoms with Gasteiger partial charge < -0.3 is 9.72 Å². The number of rotatable bonds is 2. The van der Waals surface area contributed by atoms with Crippen LogP contribution in [0, 0.1) is 5.95 Å². The maximum atomic E-state index is 12.8. The average Bonchev–Trinajstić information content (AvgIpc) is 2.45. The molecule has 0 saturated heterocycles. The summed E-state index contributed by atoms with van der Waals surface area (Å²) in [5.74, 6) is -1.06. The van der Waals surface area contributed by atoms with Gasteiger partial charge in [0.1, 0.15) is 5.82 Å². The molecule has 0 fully saturated rings. The Kier molecular flexibility index (Phi) is 2.42. The summed E-state index contributed by atoms with van der Waals surface area (Å²) in [6, 6.07) is 0. The molecule has 1 aromatic rings. The summed E-state index contributed by atoms with van der Waals surface area (Å²) in [6.07, 6.45) is 0.550. The Bertz CT molecular complexity index is 296. The van der Waals surface area contributed by atoms with E-state index in [0.29, 0.717) is 12.2 Å². The summed E-state index contributed by atoms with van der Waals surface area (Å²) >= 11 is 0. The first kappa shape index (κ1) is 8.70. The molecule has 0 bridgehead atoms. The van der Waals surface area contributed by atoms with Gasteiger partial charge in [0.15, 0.2) is 0 Å². The lowest BCUT2D eigenvalue weighted by atomic mass is 10.4. The Balaban J connectivity index is 2.99. The number of nitrogens with zero attached hydrogens (tertiary/aromatic N) is 1. The van der Waals surface area contributed by atoms with Gasteiger partial charge in [0, 0.05) is 6.42 Å². The van der Waals surface area contributed by atoms with Crippen molar-refractivity contribution < 1.29 is 13.9 Å². The van der Waals surface area contributed by atoms with E-state index in [1.807, 2.05) is 0 Å². The van der Waals surface area contributed by atoms with Gasteiger partial charge in [-0.2, -0.15) is 4.39 Å². The van der Waals surface area contributed by atoms with Crippen molar-refractivity contribution in [2.24, 2.45) is 0 Å². The van der Waals surface area contributed by atoms with Crippen LogP contribution in [0.15, 0.2) is 0 Å². The van der Waals surface area contributed by atoms with Crippen LogP contribution in [0.1, 0.15) is 23.2 Å². The van der Waals surface area contributed by atoms with Crippen LogP contribution in [0.3, 0.4) is 0 Å². The minimum atomic E-state index is -0.761. The summed E-state index contributed by atoms with van der Waals surface area (Å²) < 4.78 is 17.1. The van der Waals surface area contributed by atoms with Crippen LogP contribution in [0.5, 0.6) is 0 Å². The molecular formula is C7H9FN2O2. The van der Waals surface area contributed by atoms with Gasteiger partial charge in [-0.3, -0.25) is 0 Å². The maximum absolute atomic E-state index is 12.8. The molecule has 0 saturated carbocycles. The lowest BCUT2D eigenvalue weighted by molar-refractivity contribution is 0.0589. The lowest BCUT2D eigenvalue weighted by Crippen LogP contribution is -2.04. The number of aromatic nitrogens is 2. The number of H-pyrrole nitrogens is 1. The number of halogens is 1. The molecule has 66 valence electrons. The van der Waals surface area contributed by atoms with Gasteiger partial charge in [0.05, 0.1) is 7.11 Å². The third-order valence-electron chi connectivity index (χ3n) is 1.42. The zero-order chi connectivity index (χ0) is 9.14. The summed E-state index contributed by atoms with van der Waals surface area (Å²) in [4.78, 5) is 16.8. The Labute approximate surface area is 68.8 Å². The Morgan fingerprint density at radius 2 is 2.42 bits per heavy atom. The van der Waals surface area contributed by atoms with Crippen molar-refractivity contribution in [1.29, 1.82) is 0 Å². The number of aryl methyl sites for hydroxylation is 1. The molecule has 1 rings (SSSR count). The van der Waals surface area contributed by atoms with E-state index in [-0.39, 0.29) is 5.69 Å². The number of nitrogens with one attached hydrogen (secondary N) is 1. The Morgan fingerprint density at radius 3 is 2.83 bits per heavy atom. The standard InChI is InChI=1S/C7H9FN2O2/c1-3-4-9-5(6(8)10-4)7(11)12-2/h3H2,1-2H3,(H,9,10). The van der Waals surface area contributed by atoms with Gasteiger partial charge in [0.25, 0.3) is 0 Å². The first-order valence-corrected chi connectivity index (χ1v) is 3.51. The molecule has 0 spiro atoms. The second kappa shape index (κ2) is 3.34. The van der Waals surface area contributed by atoms with Crippen LogP contribution < -0.4 is 0 Å². The second-order valence-electron chi connectivity index (χ2n) is 2.19. The van der Waals surface area contributed by atoms with Crippen LogP contribution in [-0.2, 0) is 11.2 Å². The minimum Gasteiger partial charge on any atom is -0.464 e. The highest BCUT2D eigenvalue weighted by Crippen LogP contribution is 2.05. The van der Waals surface area contributed by atoms with Crippen molar-refractivity contribution in [2.75, 3.05) is 7.11 Å². The van der Waals surface area contributed by atoms with Crippen molar-refractivity contribution in [2.45, 2.75) is 13.3 Å². The molecule has 0 unspecified atom stereocenters. The number of hydrogen-bond donors (Lipinski definition) is 1. The highest BCUT2D eigenvalue weighted by molar-refractivity contribution is 5.87. The topological polar surface area (TPSA) is 55.0 Å². The molecule has 0 atom stereocenters. The minimum absolute atomic E-state index is 0.283. The van der Waals surface area contributed by atoms with Crippen LogP contribution >= 0.6 is 0 Å². The molecule has 0 aliphatic carbocycles. The Morgan fingerprint density at radius 1 is 1.75 bits per heavy atom. The largest absolute Gasteiger partial charge is 0.464 e. The summed E-state index contributed by atoms with van der Waals surface area (Å²) in [7, 11) is 1.18. The van der Waals surface area contributed by atoms with Gasteiger partial charge in [-0.15, -0.1) is 0 Å². The number of carbonyl (C=O) groups is 1. The number of imidazole rings is 1. The number of esters is 1. The van der Waals surface area contributed by atoms with Crippen LogP contribution in [0.2, 0.25) is 0 Å². The van der Waals surface area contributed by atoms with Crippen LogP contribution in [0.4, 0.5) is 4.39 Å². The molecule has 5 heteroatoms. The number of carbonyl (C=O) groups excluding carboxylic acids is 1. The fourth-order valence-corrected chi connectivity index (χ4v) is 0.797. The Hall–Kier alpha value is -1.39. The van der Waals surface area contributed by atoms with Gasteiger partial charge in [-0.1, -0.05) is 6.92 Å². The van der Waals surface area contributed by atoms with Gasteiger partial charge in [-0.25, -0.2) is 9.78 Å². The SMILES string of the molecule is CCc1nc(C(=O)OC)c(F)[nH]1. The third-order valence-corrected chi connectivity index (χ3v) is 1.42. The van der Waals surface area contributed by atoms with Crippen molar-refractivity contribution >= 4 is 5.97 Å². The first-order chi connectivity index (χ1) is 5.69. The maximum Gasteiger partial charge on any atom is 0.361 e. The lowest BCUT2D eigenvalue weighted by Gasteiger charge is -1.91. The molecule has 12 heavy (non-hydrogen) atoms. The van der Waals surface area contributed by atoms with Crippen molar-refractivity contribution in [3.05, 3.63) is 17.5 Å². The highest BCUT2D eigenvalue weighted by atomic mass is 19.1. The van der Waals surface area contributed by atoms with Crippen LogP contribution in [0.25, 0.3) is 0 Å². The zero-order valence-electron chi connectivity index (χ0n) is 6.85. The molecule has 0 radical (unpaired) electrons. The molecule has 1 aromatic heterocycles. The van der Waals surface area contributed by atoms with E-state index >= 15 is 0 Å². The molecule has 0 aliphatic heterocycles. The monoisotopic (exact) mass is 172 g/mol. The molecular weight excluding hydrogens is 163 g/mol. The van der Waals surface area contributed by atoms with Gasteiger partial charge >= 0.3 is 5.97 Å². The van der Waals surface area contributed by atoms with Crippen molar-refractivity contribution in [3.63, 3.8) is 0 Å². The van der Waals surface area contributed by atoms with E-state index in [1.54, 1.807) is 6.92 Å². The quantitative estimate of drug-likeness (QED) is 0.674. The van der Waals surface area contributed by atoms with E-state index in [9.17, 15) is 9.18 Å². The van der Waals surface area contributed by atoms with Crippen molar-refractivity contribution in [3.8, 4) is 0 Å². The second-order valence-corrected chi connectivity index (χ2v) is 2.19. The predicted octanol–water partition coefficient (Wildman–Crippen LogP) is 0.898. The van der Waals surface area contributed by atoms with E-state index in [2.05, 4.69) is 14.7 Å². The van der Waals surface area contributed by atoms with E-state index < -0.39 is 11.9 Å². The van der Waals surface area contributed by atoms with Gasteiger partial charge in [-0.05, 0) is 0 Å². The third kappa shape index (κ3) is 1.44. The van der Waals surface area contributed by atoms with E-state index in [4.69, 9.17) is 0 Å². The molecule has 0 amide bonds. The average molecular weight is 172 g/mol. The van der Waals surface area contributed by atoms with E-state index in [0.717, 1.165) is 0 Å². The zero-order valence-corrected chi connectivity index (χ0v) is 6.85. The predicted molar refractivity (Wildman–Crippen MR) is 39.3 cm³/mol. The fourth-order valence-electron chi connectivity index (χ4n) is 0.797. The molecule has 1 heterocycles. The number of hydrogen-bond acceptors (Lipinski definition) is 3. The van der Waals surface area contributed by atoms with Gasteiger partial charge in [0.2, 0.25) is 11.6 Å². The summed E-state index contributed by atoms with van der Waals surface area (Å²) in [5, 5.41) is 0.